The summed E-state index contributed by atoms with van der Waals surface area (Å²) in [5, 5.41) is 13.7. The van der Waals surface area contributed by atoms with Crippen LogP contribution in [0.3, 0.4) is 0 Å². The summed E-state index contributed by atoms with van der Waals surface area (Å²) >= 11 is 6.08. The van der Waals surface area contributed by atoms with Crippen LogP contribution in [0.15, 0.2) is 41.3 Å². The second-order valence-electron chi connectivity index (χ2n) is 8.74. The molecule has 0 saturated heterocycles. The Morgan fingerprint density at radius 2 is 2.00 bits per heavy atom. The number of carboxylic acids is 1. The van der Waals surface area contributed by atoms with E-state index in [-0.39, 0.29) is 17.1 Å². The van der Waals surface area contributed by atoms with E-state index in [4.69, 9.17) is 26.0 Å². The number of aromatic nitrogens is 5. The van der Waals surface area contributed by atoms with Crippen molar-refractivity contribution in [3.8, 4) is 22.8 Å². The van der Waals surface area contributed by atoms with Crippen LogP contribution in [0.4, 0.5) is 5.82 Å². The van der Waals surface area contributed by atoms with Gasteiger partial charge in [0.1, 0.15) is 22.2 Å². The Balaban J connectivity index is 1.45. The van der Waals surface area contributed by atoms with Crippen LogP contribution >= 0.6 is 11.6 Å². The molecule has 168 valence electrons. The second-order valence-corrected chi connectivity index (χ2v) is 9.13. The van der Waals surface area contributed by atoms with E-state index in [9.17, 15) is 9.90 Å². The zero-order valence-electron chi connectivity index (χ0n) is 17.5. The third-order valence-corrected chi connectivity index (χ3v) is 7.09. The molecule has 2 bridgehead atoms. The highest BCUT2D eigenvalue weighted by Crippen LogP contribution is 2.46. The molecule has 10 heteroatoms. The summed E-state index contributed by atoms with van der Waals surface area (Å²) in [7, 11) is 0. The van der Waals surface area contributed by atoms with Gasteiger partial charge in [-0.05, 0) is 49.7 Å². The van der Waals surface area contributed by atoms with Gasteiger partial charge >= 0.3 is 5.97 Å². The molecule has 3 aliphatic rings. The van der Waals surface area contributed by atoms with Gasteiger partial charge in [-0.2, -0.15) is 0 Å². The van der Waals surface area contributed by atoms with Crippen molar-refractivity contribution in [2.45, 2.75) is 31.7 Å². The maximum Gasteiger partial charge on any atom is 0.308 e. The zero-order chi connectivity index (χ0) is 22.5. The molecule has 0 aromatic carbocycles. The van der Waals surface area contributed by atoms with Crippen LogP contribution in [0.1, 0.15) is 25.7 Å². The van der Waals surface area contributed by atoms with Crippen LogP contribution in [0.25, 0.3) is 34.0 Å². The van der Waals surface area contributed by atoms with Crippen LogP contribution in [0, 0.1) is 17.8 Å². The lowest BCUT2D eigenvalue weighted by Gasteiger charge is -2.47. The topological polar surface area (TPSA) is 130 Å². The summed E-state index contributed by atoms with van der Waals surface area (Å²) in [6.07, 6.45) is 8.82. The normalized spacial score (nSPS) is 24.3. The highest BCUT2D eigenvalue weighted by Gasteiger charge is 2.47. The average molecular weight is 465 g/mol. The van der Waals surface area contributed by atoms with Gasteiger partial charge in [0.25, 0.3) is 0 Å². The number of H-pyrrole nitrogens is 1. The first-order valence-corrected chi connectivity index (χ1v) is 11.4. The minimum atomic E-state index is -0.746. The molecule has 0 spiro atoms. The molecule has 4 heterocycles. The van der Waals surface area contributed by atoms with Gasteiger partial charge in [-0.3, -0.25) is 4.79 Å². The summed E-state index contributed by atoms with van der Waals surface area (Å²) in [6, 6.07) is 5.24. The molecule has 3 N–H and O–H groups in total. The Bertz CT molecular complexity index is 1330. The number of nitrogens with zero attached hydrogens (tertiary/aromatic N) is 4. The number of halogens is 1. The smallest absolute Gasteiger partial charge is 0.308 e. The number of aromatic amines is 1. The van der Waals surface area contributed by atoms with E-state index in [0.29, 0.717) is 45.7 Å². The summed E-state index contributed by atoms with van der Waals surface area (Å²) in [5.74, 6) is 0.887. The predicted molar refractivity (Wildman–Crippen MR) is 122 cm³/mol. The van der Waals surface area contributed by atoms with E-state index < -0.39 is 11.9 Å². The number of hydrogen-bond acceptors (Lipinski definition) is 7. The summed E-state index contributed by atoms with van der Waals surface area (Å²) in [4.78, 5) is 33.3. The molecule has 0 amide bonds. The first kappa shape index (κ1) is 20.2. The summed E-state index contributed by atoms with van der Waals surface area (Å²) < 4.78 is 5.58. The molecular weight excluding hydrogens is 444 g/mol. The van der Waals surface area contributed by atoms with Crippen molar-refractivity contribution < 1.29 is 14.3 Å². The fraction of sp³-hybridized carbons (Fsp3) is 0.348. The van der Waals surface area contributed by atoms with Crippen LogP contribution in [-0.4, -0.2) is 42.0 Å². The Morgan fingerprint density at radius 3 is 2.76 bits per heavy atom. The largest absolute Gasteiger partial charge is 0.481 e. The van der Waals surface area contributed by atoms with E-state index in [1.165, 1.54) is 6.20 Å². The van der Waals surface area contributed by atoms with Crippen LogP contribution < -0.4 is 5.32 Å². The number of carbonyl (C=O) groups is 1. The fourth-order valence-corrected chi connectivity index (χ4v) is 5.55. The van der Waals surface area contributed by atoms with Gasteiger partial charge in [0, 0.05) is 18.3 Å². The summed E-state index contributed by atoms with van der Waals surface area (Å²) in [6.45, 7) is 0. The first-order valence-electron chi connectivity index (χ1n) is 11.0. The standard InChI is InChI=1S/C23H21ClN6O3/c24-16-10-26-22-20(28-16)13(9-25-22)21-27-14(15-2-1-7-33-15)8-17(30-21)29-19-12-5-3-11(4-6-12)18(19)23(31)32/h1-2,7-12,18-19H,3-6H2,(H,25,26)(H,31,32)(H,27,29,30)/t11?,12?,18-,19-/m0/s1. The van der Waals surface area contributed by atoms with Crippen molar-refractivity contribution in [1.82, 2.24) is 24.9 Å². The second kappa shape index (κ2) is 7.84. The Labute approximate surface area is 193 Å². The molecule has 9 nitrogen and oxygen atoms in total. The number of carboxylic acid groups (broad SMARTS) is 1. The lowest BCUT2D eigenvalue weighted by Crippen LogP contribution is -2.51. The molecule has 0 aliphatic heterocycles. The first-order chi connectivity index (χ1) is 16.1. The molecule has 0 radical (unpaired) electrons. The van der Waals surface area contributed by atoms with Gasteiger partial charge in [-0.25, -0.2) is 19.9 Å². The van der Waals surface area contributed by atoms with Gasteiger partial charge in [0.2, 0.25) is 0 Å². The number of nitrogens with one attached hydrogen (secondary N) is 2. The van der Waals surface area contributed by atoms with Crippen molar-refractivity contribution in [2.24, 2.45) is 17.8 Å². The van der Waals surface area contributed by atoms with Crippen molar-refractivity contribution in [3.63, 3.8) is 0 Å². The van der Waals surface area contributed by atoms with Gasteiger partial charge in [-0.15, -0.1) is 0 Å². The molecule has 7 rings (SSSR count). The number of aliphatic carboxylic acids is 1. The van der Waals surface area contributed by atoms with E-state index in [0.717, 1.165) is 25.7 Å². The molecule has 3 aliphatic carbocycles. The minimum absolute atomic E-state index is 0.181. The highest BCUT2D eigenvalue weighted by molar-refractivity contribution is 6.29. The van der Waals surface area contributed by atoms with Gasteiger partial charge < -0.3 is 19.8 Å². The van der Waals surface area contributed by atoms with Gasteiger partial charge in [-0.1, -0.05) is 11.6 Å². The predicted octanol–water partition coefficient (Wildman–Crippen LogP) is 4.63. The quantitative estimate of drug-likeness (QED) is 0.389. The van der Waals surface area contributed by atoms with E-state index in [2.05, 4.69) is 20.3 Å². The monoisotopic (exact) mass is 464 g/mol. The number of anilines is 1. The molecule has 2 atom stereocenters. The zero-order valence-corrected chi connectivity index (χ0v) is 18.3. The van der Waals surface area contributed by atoms with Crippen molar-refractivity contribution in [1.29, 1.82) is 0 Å². The van der Waals surface area contributed by atoms with E-state index in [1.54, 1.807) is 24.6 Å². The average Bonchev–Trinajstić information content (AvgIpc) is 3.49. The highest BCUT2D eigenvalue weighted by atomic mass is 35.5. The van der Waals surface area contributed by atoms with Crippen molar-refractivity contribution >= 4 is 34.6 Å². The van der Waals surface area contributed by atoms with Crippen LogP contribution in [-0.2, 0) is 4.79 Å². The summed E-state index contributed by atoms with van der Waals surface area (Å²) in [5.41, 5.74) is 2.37. The number of fused-ring (bicyclic) bond motifs is 4. The van der Waals surface area contributed by atoms with E-state index >= 15 is 0 Å². The lowest BCUT2D eigenvalue weighted by atomic mass is 9.61. The molecule has 3 saturated carbocycles. The molecule has 4 aromatic heterocycles. The van der Waals surface area contributed by atoms with Crippen LogP contribution in [0.2, 0.25) is 5.15 Å². The Morgan fingerprint density at radius 1 is 1.18 bits per heavy atom. The maximum atomic E-state index is 12.1. The minimum Gasteiger partial charge on any atom is -0.481 e. The molecule has 4 aromatic rings. The Kier molecular flexibility index (Phi) is 4.79. The number of hydrogen-bond donors (Lipinski definition) is 3. The molecule has 3 fully saturated rings. The number of rotatable bonds is 5. The van der Waals surface area contributed by atoms with E-state index in [1.807, 2.05) is 6.07 Å². The third-order valence-electron chi connectivity index (χ3n) is 6.91. The molecular formula is C23H21ClN6O3. The molecule has 0 unspecified atom stereocenters. The Hall–Kier alpha value is -3.46. The fourth-order valence-electron chi connectivity index (χ4n) is 5.42. The maximum absolute atomic E-state index is 12.1. The third kappa shape index (κ3) is 3.52. The molecule has 33 heavy (non-hydrogen) atoms. The van der Waals surface area contributed by atoms with Gasteiger partial charge in [0.15, 0.2) is 17.2 Å². The lowest BCUT2D eigenvalue weighted by molar-refractivity contribution is -0.148. The van der Waals surface area contributed by atoms with Gasteiger partial charge in [0.05, 0.1) is 23.9 Å². The van der Waals surface area contributed by atoms with Crippen molar-refractivity contribution in [2.75, 3.05) is 5.32 Å². The SMILES string of the molecule is O=C(O)[C@H]1C2CCC(CC2)[C@@H]1Nc1cc(-c2ccco2)nc(-c2c[nH]c3ncc(Cl)nc23)n1. The number of furan rings is 1. The van der Waals surface area contributed by atoms with Crippen LogP contribution in [0.5, 0.6) is 0 Å². The van der Waals surface area contributed by atoms with Crippen molar-refractivity contribution in [3.05, 3.63) is 42.0 Å².